The van der Waals surface area contributed by atoms with Gasteiger partial charge in [-0.05, 0) is 31.2 Å². The highest BCUT2D eigenvalue weighted by Crippen LogP contribution is 2.36. The monoisotopic (exact) mass is 375 g/mol. The molecule has 27 heavy (non-hydrogen) atoms. The van der Waals surface area contributed by atoms with Crippen LogP contribution in [-0.4, -0.2) is 22.9 Å². The minimum atomic E-state index is -0.126. The maximum atomic E-state index is 12.9. The van der Waals surface area contributed by atoms with Crippen LogP contribution in [0.2, 0.25) is 0 Å². The predicted octanol–water partition coefficient (Wildman–Crippen LogP) is 4.49. The third-order valence-electron chi connectivity index (χ3n) is 4.36. The maximum absolute atomic E-state index is 12.9. The Morgan fingerprint density at radius 2 is 1.74 bits per heavy atom. The van der Waals surface area contributed by atoms with Gasteiger partial charge in [-0.2, -0.15) is 0 Å². The summed E-state index contributed by atoms with van der Waals surface area (Å²) in [6, 6.07) is 16.7. The van der Waals surface area contributed by atoms with Crippen molar-refractivity contribution in [3.05, 3.63) is 70.7 Å². The number of hydrogen-bond acceptors (Lipinski definition) is 6. The lowest BCUT2D eigenvalue weighted by atomic mass is 10.1. The molecule has 6 heteroatoms. The highest BCUT2D eigenvalue weighted by Gasteiger charge is 2.21. The van der Waals surface area contributed by atoms with Crippen LogP contribution in [0.3, 0.4) is 0 Å². The molecule has 5 nitrogen and oxygen atoms in total. The Morgan fingerprint density at radius 1 is 1.04 bits per heavy atom. The zero-order valence-corrected chi connectivity index (χ0v) is 15.7. The Kier molecular flexibility index (Phi) is 4.33. The van der Waals surface area contributed by atoms with Gasteiger partial charge >= 0.3 is 0 Å². The van der Waals surface area contributed by atoms with Crippen LogP contribution in [0.1, 0.15) is 20.9 Å². The van der Waals surface area contributed by atoms with Crippen molar-refractivity contribution >= 4 is 33.0 Å². The lowest BCUT2D eigenvalue weighted by Crippen LogP contribution is -2.02. The van der Waals surface area contributed by atoms with Crippen LogP contribution in [-0.2, 0) is 0 Å². The molecule has 2 N–H and O–H groups in total. The predicted molar refractivity (Wildman–Crippen MR) is 108 cm³/mol. The SMILES string of the molecule is COc1ccc(C(=O)c2sc3nc(-c4ccccc4)nc(C)c3c2N)cc1. The number of benzene rings is 2. The molecule has 0 aliphatic carbocycles. The van der Waals surface area contributed by atoms with E-state index in [1.54, 1.807) is 31.4 Å². The molecule has 0 aliphatic rings. The number of thiophene rings is 1. The zero-order valence-electron chi connectivity index (χ0n) is 14.9. The molecule has 4 aromatic rings. The maximum Gasteiger partial charge on any atom is 0.205 e. The van der Waals surface area contributed by atoms with E-state index < -0.39 is 0 Å². The summed E-state index contributed by atoms with van der Waals surface area (Å²) in [4.78, 5) is 23.4. The van der Waals surface area contributed by atoms with Crippen LogP contribution in [0, 0.1) is 6.92 Å². The molecular formula is C21H17N3O2S. The second kappa shape index (κ2) is 6.81. The van der Waals surface area contributed by atoms with E-state index in [4.69, 9.17) is 10.5 Å². The van der Waals surface area contributed by atoms with Crippen molar-refractivity contribution in [1.82, 2.24) is 9.97 Å². The van der Waals surface area contributed by atoms with Gasteiger partial charge in [0.2, 0.25) is 5.78 Å². The Hall–Kier alpha value is -3.25. The summed E-state index contributed by atoms with van der Waals surface area (Å²) < 4.78 is 5.15. The van der Waals surface area contributed by atoms with E-state index in [1.807, 2.05) is 37.3 Å². The van der Waals surface area contributed by atoms with Crippen molar-refractivity contribution in [3.8, 4) is 17.1 Å². The number of aromatic nitrogens is 2. The minimum Gasteiger partial charge on any atom is -0.497 e. The first-order valence-electron chi connectivity index (χ1n) is 8.39. The number of fused-ring (bicyclic) bond motifs is 1. The van der Waals surface area contributed by atoms with Crippen LogP contribution in [0.15, 0.2) is 54.6 Å². The number of aryl methyl sites for hydroxylation is 1. The summed E-state index contributed by atoms with van der Waals surface area (Å²) in [5.41, 5.74) is 9.00. The topological polar surface area (TPSA) is 78.1 Å². The molecule has 4 rings (SSSR count). The lowest BCUT2D eigenvalue weighted by Gasteiger charge is -2.03. The van der Waals surface area contributed by atoms with E-state index in [2.05, 4.69) is 9.97 Å². The largest absolute Gasteiger partial charge is 0.497 e. The molecule has 134 valence electrons. The Labute approximate surface area is 160 Å². The summed E-state index contributed by atoms with van der Waals surface area (Å²) in [5.74, 6) is 1.20. The quantitative estimate of drug-likeness (QED) is 0.532. The Bertz CT molecular complexity index is 1140. The van der Waals surface area contributed by atoms with E-state index in [0.717, 1.165) is 21.5 Å². The summed E-state index contributed by atoms with van der Waals surface area (Å²) in [6.07, 6.45) is 0. The van der Waals surface area contributed by atoms with Crippen LogP contribution < -0.4 is 10.5 Å². The molecule has 0 amide bonds. The number of ether oxygens (including phenoxy) is 1. The number of nitrogen functional groups attached to an aromatic ring is 1. The number of ketones is 1. The van der Waals surface area contributed by atoms with E-state index in [1.165, 1.54) is 11.3 Å². The number of rotatable bonds is 4. The molecule has 0 atom stereocenters. The van der Waals surface area contributed by atoms with Gasteiger partial charge in [0.15, 0.2) is 5.82 Å². The molecule has 2 aromatic heterocycles. The van der Waals surface area contributed by atoms with Gasteiger partial charge in [0.1, 0.15) is 15.5 Å². The van der Waals surface area contributed by atoms with Crippen molar-refractivity contribution in [1.29, 1.82) is 0 Å². The summed E-state index contributed by atoms with van der Waals surface area (Å²) in [5, 5.41) is 0.747. The number of nitrogens with two attached hydrogens (primary N) is 1. The number of hydrogen-bond donors (Lipinski definition) is 1. The number of carbonyl (C=O) groups excluding carboxylic acids is 1. The fourth-order valence-electron chi connectivity index (χ4n) is 2.95. The molecule has 0 saturated carbocycles. The molecule has 2 aromatic carbocycles. The van der Waals surface area contributed by atoms with Crippen LogP contribution >= 0.6 is 11.3 Å². The summed E-state index contributed by atoms with van der Waals surface area (Å²) in [6.45, 7) is 1.89. The average Bonchev–Trinajstić information content (AvgIpc) is 3.05. The fourth-order valence-corrected chi connectivity index (χ4v) is 4.06. The third kappa shape index (κ3) is 3.04. The minimum absolute atomic E-state index is 0.126. The molecular weight excluding hydrogens is 358 g/mol. The molecule has 0 saturated heterocycles. The number of nitrogens with zero attached hydrogens (tertiary/aromatic N) is 2. The molecule has 0 unspecified atom stereocenters. The normalized spacial score (nSPS) is 10.9. The van der Waals surface area contributed by atoms with Crippen LogP contribution in [0.5, 0.6) is 5.75 Å². The van der Waals surface area contributed by atoms with Gasteiger partial charge < -0.3 is 10.5 Å². The zero-order chi connectivity index (χ0) is 19.0. The Morgan fingerprint density at radius 3 is 2.41 bits per heavy atom. The van der Waals surface area contributed by atoms with Gasteiger partial charge in [-0.15, -0.1) is 11.3 Å². The van der Waals surface area contributed by atoms with Crippen LogP contribution in [0.25, 0.3) is 21.6 Å². The molecule has 0 radical (unpaired) electrons. The molecule has 0 fully saturated rings. The average molecular weight is 375 g/mol. The van der Waals surface area contributed by atoms with Crippen molar-refractivity contribution in [2.24, 2.45) is 0 Å². The van der Waals surface area contributed by atoms with Crippen molar-refractivity contribution in [2.75, 3.05) is 12.8 Å². The second-order valence-corrected chi connectivity index (χ2v) is 7.08. The first-order chi connectivity index (χ1) is 13.1. The number of anilines is 1. The van der Waals surface area contributed by atoms with Gasteiger partial charge in [0, 0.05) is 11.1 Å². The van der Waals surface area contributed by atoms with E-state index in [-0.39, 0.29) is 5.78 Å². The van der Waals surface area contributed by atoms with Crippen molar-refractivity contribution in [2.45, 2.75) is 6.92 Å². The lowest BCUT2D eigenvalue weighted by molar-refractivity contribution is 0.104. The van der Waals surface area contributed by atoms with Crippen molar-refractivity contribution < 1.29 is 9.53 Å². The van der Waals surface area contributed by atoms with E-state index in [0.29, 0.717) is 27.7 Å². The number of methoxy groups -OCH3 is 1. The van der Waals surface area contributed by atoms with Gasteiger partial charge in [0.25, 0.3) is 0 Å². The second-order valence-electron chi connectivity index (χ2n) is 6.08. The van der Waals surface area contributed by atoms with Crippen molar-refractivity contribution in [3.63, 3.8) is 0 Å². The summed E-state index contributed by atoms with van der Waals surface area (Å²) in [7, 11) is 1.59. The molecule has 0 spiro atoms. The smallest absolute Gasteiger partial charge is 0.205 e. The van der Waals surface area contributed by atoms with Gasteiger partial charge in [-0.1, -0.05) is 30.3 Å². The Balaban J connectivity index is 1.81. The third-order valence-corrected chi connectivity index (χ3v) is 5.46. The summed E-state index contributed by atoms with van der Waals surface area (Å²) >= 11 is 1.30. The van der Waals surface area contributed by atoms with Gasteiger partial charge in [0.05, 0.1) is 23.9 Å². The highest BCUT2D eigenvalue weighted by atomic mass is 32.1. The van der Waals surface area contributed by atoms with E-state index in [9.17, 15) is 4.79 Å². The standard InChI is InChI=1S/C21H17N3O2S/c1-12-16-17(22)19(18(25)13-8-10-15(26-2)11-9-13)27-21(16)24-20(23-12)14-6-4-3-5-7-14/h3-11H,22H2,1-2H3. The molecule has 0 bridgehead atoms. The van der Waals surface area contributed by atoms with E-state index >= 15 is 0 Å². The molecule has 0 aliphatic heterocycles. The first-order valence-corrected chi connectivity index (χ1v) is 9.21. The van der Waals surface area contributed by atoms with Gasteiger partial charge in [-0.3, -0.25) is 4.79 Å². The number of carbonyl (C=O) groups is 1. The first kappa shape index (κ1) is 17.2. The molecule has 2 heterocycles. The van der Waals surface area contributed by atoms with Gasteiger partial charge in [-0.25, -0.2) is 9.97 Å². The highest BCUT2D eigenvalue weighted by molar-refractivity contribution is 7.21. The fraction of sp³-hybridized carbons (Fsp3) is 0.0952. The van der Waals surface area contributed by atoms with Crippen LogP contribution in [0.4, 0.5) is 5.69 Å².